The Balaban J connectivity index is 2.02. The van der Waals surface area contributed by atoms with E-state index in [2.05, 4.69) is 45.0 Å². The molecule has 0 aromatic carbocycles. The third-order valence-electron chi connectivity index (χ3n) is 2.00. The van der Waals surface area contributed by atoms with Gasteiger partial charge in [-0.1, -0.05) is 19.0 Å². The van der Waals surface area contributed by atoms with Crippen LogP contribution in [0.3, 0.4) is 0 Å². The number of aromatic nitrogens is 4. The van der Waals surface area contributed by atoms with Gasteiger partial charge in [-0.2, -0.15) is 10.1 Å². The van der Waals surface area contributed by atoms with E-state index < -0.39 is 0 Å². The van der Waals surface area contributed by atoms with E-state index in [9.17, 15) is 0 Å². The van der Waals surface area contributed by atoms with Crippen molar-refractivity contribution in [3.63, 3.8) is 0 Å². The van der Waals surface area contributed by atoms with Gasteiger partial charge in [-0.05, 0) is 21.8 Å². The number of rotatable bonds is 4. The van der Waals surface area contributed by atoms with Crippen LogP contribution in [0.4, 0.5) is 0 Å². The second kappa shape index (κ2) is 4.78. The molecule has 0 amide bonds. The molecule has 2 aromatic heterocycles. The lowest BCUT2D eigenvalue weighted by molar-refractivity contribution is 0.359. The van der Waals surface area contributed by atoms with E-state index in [-0.39, 0.29) is 0 Å². The lowest BCUT2D eigenvalue weighted by atomic mass is 10.1. The second-order valence-corrected chi connectivity index (χ2v) is 4.97. The number of hydrogen-bond acceptors (Lipinski definition) is 4. The Morgan fingerprint density at radius 2 is 2.31 bits per heavy atom. The van der Waals surface area contributed by atoms with Crippen LogP contribution in [0.15, 0.2) is 21.4 Å². The van der Waals surface area contributed by atoms with Gasteiger partial charge in [0.1, 0.15) is 6.54 Å². The summed E-state index contributed by atoms with van der Waals surface area (Å²) >= 11 is 3.33. The van der Waals surface area contributed by atoms with E-state index >= 15 is 0 Å². The van der Waals surface area contributed by atoms with E-state index in [0.29, 0.717) is 18.4 Å². The molecule has 2 aromatic rings. The molecule has 0 radical (unpaired) electrons. The van der Waals surface area contributed by atoms with Crippen molar-refractivity contribution in [2.75, 3.05) is 0 Å². The van der Waals surface area contributed by atoms with Crippen molar-refractivity contribution in [1.82, 2.24) is 19.9 Å². The molecule has 0 aliphatic rings. The van der Waals surface area contributed by atoms with E-state index in [1.54, 1.807) is 10.9 Å². The van der Waals surface area contributed by atoms with Gasteiger partial charge < -0.3 is 4.52 Å². The molecule has 0 fully saturated rings. The summed E-state index contributed by atoms with van der Waals surface area (Å²) in [7, 11) is 0. The molecule has 6 heteroatoms. The second-order valence-electron chi connectivity index (χ2n) is 4.06. The minimum Gasteiger partial charge on any atom is -0.337 e. The Hall–Kier alpha value is -1.17. The minimum atomic E-state index is 0.511. The molecule has 0 N–H and O–H groups in total. The number of halogens is 1. The van der Waals surface area contributed by atoms with Crippen LogP contribution >= 0.6 is 15.9 Å². The zero-order valence-electron chi connectivity index (χ0n) is 9.22. The maximum Gasteiger partial charge on any atom is 0.248 e. The molecule has 0 atom stereocenters. The fourth-order valence-electron chi connectivity index (χ4n) is 1.37. The van der Waals surface area contributed by atoms with Gasteiger partial charge in [-0.25, -0.2) is 0 Å². The highest BCUT2D eigenvalue weighted by atomic mass is 79.9. The molecular formula is C10H13BrN4O. The summed E-state index contributed by atoms with van der Waals surface area (Å²) in [4.78, 5) is 4.30. The van der Waals surface area contributed by atoms with Crippen molar-refractivity contribution in [1.29, 1.82) is 0 Å². The summed E-state index contributed by atoms with van der Waals surface area (Å²) in [6.45, 7) is 4.76. The predicted octanol–water partition coefficient (Wildman–Crippen LogP) is 2.28. The van der Waals surface area contributed by atoms with Crippen LogP contribution in [0.25, 0.3) is 0 Å². The van der Waals surface area contributed by atoms with Crippen LogP contribution in [0.5, 0.6) is 0 Å². The molecular weight excluding hydrogens is 272 g/mol. The molecule has 0 aliphatic carbocycles. The minimum absolute atomic E-state index is 0.511. The fourth-order valence-corrected chi connectivity index (χ4v) is 1.69. The molecule has 0 saturated carbocycles. The molecule has 0 bridgehead atoms. The highest BCUT2D eigenvalue weighted by Gasteiger charge is 2.08. The average Bonchev–Trinajstić information content (AvgIpc) is 2.76. The number of nitrogens with zero attached hydrogens (tertiary/aromatic N) is 4. The van der Waals surface area contributed by atoms with Crippen molar-refractivity contribution in [2.45, 2.75) is 26.8 Å². The Kier molecular flexibility index (Phi) is 3.38. The van der Waals surface area contributed by atoms with Gasteiger partial charge in [-0.3, -0.25) is 4.68 Å². The van der Waals surface area contributed by atoms with Gasteiger partial charge in [0.2, 0.25) is 5.89 Å². The first-order valence-corrected chi connectivity index (χ1v) is 5.92. The Morgan fingerprint density at radius 3 is 2.94 bits per heavy atom. The van der Waals surface area contributed by atoms with Gasteiger partial charge in [0, 0.05) is 12.6 Å². The van der Waals surface area contributed by atoms with Crippen molar-refractivity contribution in [3.05, 3.63) is 28.6 Å². The van der Waals surface area contributed by atoms with Gasteiger partial charge >= 0.3 is 0 Å². The molecule has 86 valence electrons. The van der Waals surface area contributed by atoms with Gasteiger partial charge in [0.05, 0.1) is 10.7 Å². The van der Waals surface area contributed by atoms with Gasteiger partial charge in [0.15, 0.2) is 5.82 Å². The zero-order valence-corrected chi connectivity index (χ0v) is 10.8. The Morgan fingerprint density at radius 1 is 1.50 bits per heavy atom. The van der Waals surface area contributed by atoms with E-state index in [0.717, 1.165) is 16.7 Å². The lowest BCUT2D eigenvalue weighted by Gasteiger charge is -1.96. The van der Waals surface area contributed by atoms with Crippen LogP contribution in [0.2, 0.25) is 0 Å². The Labute approximate surface area is 102 Å². The van der Waals surface area contributed by atoms with Crippen LogP contribution < -0.4 is 0 Å². The van der Waals surface area contributed by atoms with Crippen molar-refractivity contribution in [2.24, 2.45) is 5.92 Å². The molecule has 2 heterocycles. The van der Waals surface area contributed by atoms with E-state index in [1.165, 1.54) is 0 Å². The predicted molar refractivity (Wildman–Crippen MR) is 61.9 cm³/mol. The standard InChI is InChI=1S/C10H13BrN4O/c1-7(2)3-9-13-10(16-14-9)6-15-5-8(11)4-12-15/h4-5,7H,3,6H2,1-2H3. The molecule has 0 saturated heterocycles. The molecule has 0 spiro atoms. The highest BCUT2D eigenvalue weighted by Crippen LogP contribution is 2.09. The fraction of sp³-hybridized carbons (Fsp3) is 0.500. The topological polar surface area (TPSA) is 56.7 Å². The summed E-state index contributed by atoms with van der Waals surface area (Å²) in [6.07, 6.45) is 4.43. The first-order chi connectivity index (χ1) is 7.63. The normalized spacial score (nSPS) is 11.2. The zero-order chi connectivity index (χ0) is 11.5. The van der Waals surface area contributed by atoms with Crippen LogP contribution in [0.1, 0.15) is 25.6 Å². The SMILES string of the molecule is CC(C)Cc1noc(Cn2cc(Br)cn2)n1. The highest BCUT2D eigenvalue weighted by molar-refractivity contribution is 9.10. The molecule has 0 aliphatic heterocycles. The monoisotopic (exact) mass is 284 g/mol. The summed E-state index contributed by atoms with van der Waals surface area (Å²) < 4.78 is 7.83. The van der Waals surface area contributed by atoms with E-state index in [4.69, 9.17) is 4.52 Å². The smallest absolute Gasteiger partial charge is 0.248 e. The maximum atomic E-state index is 5.14. The van der Waals surface area contributed by atoms with Crippen LogP contribution in [0, 0.1) is 5.92 Å². The molecule has 0 unspecified atom stereocenters. The largest absolute Gasteiger partial charge is 0.337 e. The summed E-state index contributed by atoms with van der Waals surface area (Å²) in [5.41, 5.74) is 0. The first-order valence-electron chi connectivity index (χ1n) is 5.13. The Bertz CT molecular complexity index is 463. The lowest BCUT2D eigenvalue weighted by Crippen LogP contribution is -2.01. The van der Waals surface area contributed by atoms with E-state index in [1.807, 2.05) is 6.20 Å². The third-order valence-corrected chi connectivity index (χ3v) is 2.41. The first kappa shape index (κ1) is 11.3. The maximum absolute atomic E-state index is 5.14. The van der Waals surface area contributed by atoms with Crippen molar-refractivity contribution < 1.29 is 4.52 Å². The van der Waals surface area contributed by atoms with Crippen LogP contribution in [-0.4, -0.2) is 19.9 Å². The van der Waals surface area contributed by atoms with Crippen molar-refractivity contribution >= 4 is 15.9 Å². The molecule has 5 nitrogen and oxygen atoms in total. The quantitative estimate of drug-likeness (QED) is 0.864. The van der Waals surface area contributed by atoms with Gasteiger partial charge in [-0.15, -0.1) is 0 Å². The van der Waals surface area contributed by atoms with Crippen molar-refractivity contribution in [3.8, 4) is 0 Å². The third kappa shape index (κ3) is 2.91. The summed E-state index contributed by atoms with van der Waals surface area (Å²) in [6, 6.07) is 0. The van der Waals surface area contributed by atoms with Crippen LogP contribution in [-0.2, 0) is 13.0 Å². The molecule has 2 rings (SSSR count). The summed E-state index contributed by atoms with van der Waals surface area (Å²) in [5, 5.41) is 8.04. The summed E-state index contributed by atoms with van der Waals surface area (Å²) in [5.74, 6) is 1.88. The molecule has 16 heavy (non-hydrogen) atoms. The number of hydrogen-bond donors (Lipinski definition) is 0. The van der Waals surface area contributed by atoms with Gasteiger partial charge in [0.25, 0.3) is 0 Å². The average molecular weight is 285 g/mol.